The van der Waals surface area contributed by atoms with Gasteiger partial charge in [-0.25, -0.2) is 9.37 Å². The van der Waals surface area contributed by atoms with E-state index in [-0.39, 0.29) is 64.5 Å². The zero-order valence-electron chi connectivity index (χ0n) is 33.7. The van der Waals surface area contributed by atoms with Crippen molar-refractivity contribution >= 4 is 46.8 Å². The van der Waals surface area contributed by atoms with Crippen molar-refractivity contribution in [2.45, 2.75) is 84.2 Å². The molecule has 0 radical (unpaired) electrons. The molecule has 9 rings (SSSR count). The molecule has 5 heterocycles. The van der Waals surface area contributed by atoms with Gasteiger partial charge in [-0.2, -0.15) is 5.26 Å². The number of carbonyl (C=O) groups is 5. The summed E-state index contributed by atoms with van der Waals surface area (Å²) in [4.78, 5) is 76.1. The summed E-state index contributed by atoms with van der Waals surface area (Å²) in [5.41, 5.74) is 1.77. The van der Waals surface area contributed by atoms with E-state index in [2.05, 4.69) is 55.8 Å². The molecule has 5 amide bonds. The van der Waals surface area contributed by atoms with Crippen LogP contribution in [0.15, 0.2) is 42.5 Å². The van der Waals surface area contributed by atoms with Crippen molar-refractivity contribution in [2.75, 3.05) is 31.1 Å². The Bertz CT molecular complexity index is 2490. The van der Waals surface area contributed by atoms with Crippen LogP contribution >= 0.6 is 11.6 Å². The van der Waals surface area contributed by atoms with Crippen LogP contribution in [0.2, 0.25) is 5.02 Å². The molecule has 13 nitrogen and oxygen atoms in total. The predicted molar refractivity (Wildman–Crippen MR) is 216 cm³/mol. The first-order valence-corrected chi connectivity index (χ1v) is 20.7. The predicted octanol–water partition coefficient (Wildman–Crippen LogP) is 4.94. The van der Waals surface area contributed by atoms with E-state index in [4.69, 9.17) is 21.3 Å². The van der Waals surface area contributed by atoms with Crippen molar-refractivity contribution in [1.29, 1.82) is 5.26 Å². The fourth-order valence-corrected chi connectivity index (χ4v) is 10.9. The number of imide groups is 2. The second-order valence-corrected chi connectivity index (χ2v) is 18.2. The van der Waals surface area contributed by atoms with Gasteiger partial charge in [-0.05, 0) is 61.6 Å². The van der Waals surface area contributed by atoms with Crippen LogP contribution in [0.1, 0.15) is 101 Å². The molecule has 308 valence electrons. The largest absolute Gasteiger partial charge is 0.489 e. The van der Waals surface area contributed by atoms with Gasteiger partial charge in [-0.1, -0.05) is 45.2 Å². The van der Waals surface area contributed by atoms with Gasteiger partial charge in [-0.15, -0.1) is 0 Å². The quantitative estimate of drug-likeness (QED) is 0.267. The maximum absolute atomic E-state index is 15.5. The Kier molecular flexibility index (Phi) is 9.52. The maximum atomic E-state index is 15.5. The number of fused-ring (bicyclic) bond motifs is 2. The van der Waals surface area contributed by atoms with Crippen molar-refractivity contribution in [3.8, 4) is 23.7 Å². The van der Waals surface area contributed by atoms with Crippen LogP contribution in [0.4, 0.5) is 10.1 Å². The molecule has 1 unspecified atom stereocenters. The molecule has 3 aromatic rings. The lowest BCUT2D eigenvalue weighted by Crippen LogP contribution is -2.74. The van der Waals surface area contributed by atoms with Gasteiger partial charge in [0.15, 0.2) is 0 Å². The van der Waals surface area contributed by atoms with E-state index in [1.54, 1.807) is 18.2 Å². The molecule has 0 spiro atoms. The first-order valence-electron chi connectivity index (χ1n) is 20.3. The zero-order valence-corrected chi connectivity index (χ0v) is 34.4. The highest BCUT2D eigenvalue weighted by Crippen LogP contribution is 2.59. The first-order chi connectivity index (χ1) is 28.6. The number of hydrogen-bond donors (Lipinski definition) is 1. The van der Waals surface area contributed by atoms with E-state index in [9.17, 15) is 29.2 Å². The lowest BCUT2D eigenvalue weighted by atomic mass is 9.49. The van der Waals surface area contributed by atoms with Gasteiger partial charge < -0.3 is 14.5 Å². The minimum Gasteiger partial charge on any atom is -0.489 e. The van der Waals surface area contributed by atoms with Crippen LogP contribution in [-0.4, -0.2) is 99.6 Å². The van der Waals surface area contributed by atoms with Crippen LogP contribution < -0.4 is 15.0 Å². The Morgan fingerprint density at radius 1 is 0.900 bits per heavy atom. The number of benzene rings is 2. The Morgan fingerprint density at radius 3 is 2.27 bits per heavy atom. The number of nitrogens with one attached hydrogen (secondary N) is 1. The molecular formula is C45H43ClFN7O6. The van der Waals surface area contributed by atoms with E-state index in [1.807, 2.05) is 21.9 Å². The number of amides is 5. The molecule has 1 atom stereocenters. The molecule has 2 aliphatic carbocycles. The van der Waals surface area contributed by atoms with Gasteiger partial charge in [0.2, 0.25) is 11.8 Å². The number of pyridine rings is 1. The number of rotatable bonds is 6. The number of nitrogens with zero attached hydrogens (tertiary/aromatic N) is 6. The average Bonchev–Trinajstić information content (AvgIpc) is 3.62. The van der Waals surface area contributed by atoms with E-state index in [0.29, 0.717) is 72.1 Å². The maximum Gasteiger partial charge on any atom is 0.262 e. The highest BCUT2D eigenvalue weighted by atomic mass is 35.5. The number of nitriles is 1. The normalized spacial score (nSPS) is 26.6. The molecule has 0 bridgehead atoms. The van der Waals surface area contributed by atoms with Crippen LogP contribution in [0.3, 0.4) is 0 Å². The number of ether oxygens (including phenoxy) is 1. The smallest absolute Gasteiger partial charge is 0.262 e. The fourth-order valence-electron chi connectivity index (χ4n) is 10.7. The highest BCUT2D eigenvalue weighted by Gasteiger charge is 2.67. The molecule has 1 N–H and O–H groups in total. The first kappa shape index (κ1) is 39.6. The number of piperazine rings is 1. The average molecular weight is 832 g/mol. The van der Waals surface area contributed by atoms with E-state index < -0.39 is 35.5 Å². The minimum absolute atomic E-state index is 0.00827. The molecule has 2 saturated heterocycles. The van der Waals surface area contributed by atoms with Crippen molar-refractivity contribution in [1.82, 2.24) is 25.0 Å². The molecule has 60 heavy (non-hydrogen) atoms. The summed E-state index contributed by atoms with van der Waals surface area (Å²) in [7, 11) is 0. The SMILES string of the molecule is CC1(C)[C@H](Oc2ccc(C#N)c(Cl)c2)C(C)(C)[C@H]1N1Cc2nc(C#C[C@H]3C[C@H](N4CCN(c5cc6c(cc5F)C(=O)N(C5CCC(=O)NC5=O)C6=O)CC4)C3)ccc2C1=O. The third-order valence-electron chi connectivity index (χ3n) is 13.4. The fraction of sp³-hybridized carbons (Fsp3) is 0.444. The summed E-state index contributed by atoms with van der Waals surface area (Å²) in [5.74, 6) is 4.20. The topological polar surface area (TPSA) is 156 Å². The molecular weight excluding hydrogens is 789 g/mol. The van der Waals surface area contributed by atoms with Crippen LogP contribution in [0, 0.1) is 45.7 Å². The number of halogens is 2. The lowest BCUT2D eigenvalue weighted by Gasteiger charge is -2.65. The number of hydrogen-bond acceptors (Lipinski definition) is 10. The van der Waals surface area contributed by atoms with Crippen LogP contribution in [-0.2, 0) is 16.1 Å². The highest BCUT2D eigenvalue weighted by molar-refractivity contribution is 6.31. The van der Waals surface area contributed by atoms with Crippen molar-refractivity contribution in [3.05, 3.63) is 86.9 Å². The van der Waals surface area contributed by atoms with Gasteiger partial charge in [0.05, 0.1) is 45.2 Å². The Balaban J connectivity index is 0.785. The van der Waals surface area contributed by atoms with Crippen molar-refractivity contribution < 1.29 is 33.1 Å². The number of piperidine rings is 1. The molecule has 2 aromatic carbocycles. The molecule has 2 saturated carbocycles. The molecule has 15 heteroatoms. The Morgan fingerprint density at radius 2 is 1.60 bits per heavy atom. The molecule has 1 aromatic heterocycles. The summed E-state index contributed by atoms with van der Waals surface area (Å²) in [6.45, 7) is 11.3. The van der Waals surface area contributed by atoms with E-state index in [1.165, 1.54) is 6.07 Å². The lowest BCUT2D eigenvalue weighted by molar-refractivity contribution is -0.199. The van der Waals surface area contributed by atoms with Gasteiger partial charge in [0.25, 0.3) is 17.7 Å². The summed E-state index contributed by atoms with van der Waals surface area (Å²) in [5, 5.41) is 11.8. The number of carbonyl (C=O) groups excluding carboxylic acids is 5. The summed E-state index contributed by atoms with van der Waals surface area (Å²) in [6, 6.07) is 12.4. The monoisotopic (exact) mass is 831 g/mol. The van der Waals surface area contributed by atoms with Gasteiger partial charge in [0, 0.05) is 67.5 Å². The molecule has 6 aliphatic rings. The second kappa shape index (κ2) is 14.4. The molecule has 4 fully saturated rings. The van der Waals surface area contributed by atoms with Gasteiger partial charge in [-0.3, -0.25) is 39.1 Å². The van der Waals surface area contributed by atoms with Gasteiger partial charge >= 0.3 is 0 Å². The summed E-state index contributed by atoms with van der Waals surface area (Å²) < 4.78 is 21.9. The standard InChI is InChI=1S/C45H43ClFN7O6/c1-44(2)42(45(3,4)43(44)60-28-9-6-25(22-48)32(46)19-28)53-23-34-29(39(53)57)10-8-26(49-34)7-5-24-17-27(18-24)51-13-15-52(16-14-51)36-21-31-30(20-33(36)47)40(58)54(41(31)59)35-11-12-37(55)50-38(35)56/h6,8-10,19-21,24,27,35,42-43H,11-18,23H2,1-4H3,(H,50,55,56)/t24-,27-,35?,42-,43-. The molecule has 4 aliphatic heterocycles. The van der Waals surface area contributed by atoms with Gasteiger partial charge in [0.1, 0.15) is 35.5 Å². The Hall–Kier alpha value is -5.83. The zero-order chi connectivity index (χ0) is 42.4. The minimum atomic E-state index is -1.11. The van der Waals surface area contributed by atoms with Crippen LogP contribution in [0.25, 0.3) is 0 Å². The van der Waals surface area contributed by atoms with E-state index >= 15 is 4.39 Å². The third kappa shape index (κ3) is 6.39. The van der Waals surface area contributed by atoms with Crippen molar-refractivity contribution in [3.63, 3.8) is 0 Å². The number of aromatic nitrogens is 1. The summed E-state index contributed by atoms with van der Waals surface area (Å²) >= 11 is 6.28. The van der Waals surface area contributed by atoms with Crippen LogP contribution in [0.5, 0.6) is 5.75 Å². The van der Waals surface area contributed by atoms with Crippen molar-refractivity contribution in [2.24, 2.45) is 16.7 Å². The third-order valence-corrected chi connectivity index (χ3v) is 13.7. The number of anilines is 1. The van der Waals surface area contributed by atoms with E-state index in [0.717, 1.165) is 23.8 Å². The summed E-state index contributed by atoms with van der Waals surface area (Å²) in [6.07, 6.45) is 1.62. The Labute approximate surface area is 351 Å². The second-order valence-electron chi connectivity index (χ2n) is 17.8.